The summed E-state index contributed by atoms with van der Waals surface area (Å²) in [5.74, 6) is 3.32. The SMILES string of the molecule is CC(C)c1nc(CNCC2CC2)n(C)n1. The molecule has 0 amide bonds. The predicted molar refractivity (Wildman–Crippen MR) is 59.5 cm³/mol. The number of hydrogen-bond acceptors (Lipinski definition) is 3. The van der Waals surface area contributed by atoms with Crippen LogP contribution < -0.4 is 5.32 Å². The highest BCUT2D eigenvalue weighted by atomic mass is 15.3. The molecule has 1 aromatic heterocycles. The second-order valence-corrected chi connectivity index (χ2v) is 4.74. The molecule has 1 heterocycles. The van der Waals surface area contributed by atoms with Crippen LogP contribution in [0.2, 0.25) is 0 Å². The average Bonchev–Trinajstić information content (AvgIpc) is 2.91. The van der Waals surface area contributed by atoms with E-state index in [0.29, 0.717) is 5.92 Å². The van der Waals surface area contributed by atoms with Crippen molar-refractivity contribution in [2.24, 2.45) is 13.0 Å². The molecule has 0 bridgehead atoms. The van der Waals surface area contributed by atoms with Crippen molar-refractivity contribution in [1.29, 1.82) is 0 Å². The van der Waals surface area contributed by atoms with Crippen molar-refractivity contribution < 1.29 is 0 Å². The van der Waals surface area contributed by atoms with E-state index in [9.17, 15) is 0 Å². The molecule has 0 radical (unpaired) electrons. The van der Waals surface area contributed by atoms with E-state index in [-0.39, 0.29) is 0 Å². The smallest absolute Gasteiger partial charge is 0.153 e. The van der Waals surface area contributed by atoms with Crippen molar-refractivity contribution in [3.05, 3.63) is 11.6 Å². The Kier molecular flexibility index (Phi) is 3.05. The van der Waals surface area contributed by atoms with Gasteiger partial charge in [0.1, 0.15) is 5.82 Å². The molecule has 0 unspecified atom stereocenters. The van der Waals surface area contributed by atoms with Gasteiger partial charge in [0, 0.05) is 13.0 Å². The second kappa shape index (κ2) is 4.31. The second-order valence-electron chi connectivity index (χ2n) is 4.74. The zero-order chi connectivity index (χ0) is 10.8. The van der Waals surface area contributed by atoms with Gasteiger partial charge in [-0.25, -0.2) is 4.98 Å². The third-order valence-electron chi connectivity index (χ3n) is 2.80. The molecule has 0 aromatic carbocycles. The molecule has 4 heteroatoms. The molecule has 0 aliphatic heterocycles. The maximum absolute atomic E-state index is 4.52. The van der Waals surface area contributed by atoms with Gasteiger partial charge in [-0.15, -0.1) is 0 Å². The highest BCUT2D eigenvalue weighted by Crippen LogP contribution is 2.27. The van der Waals surface area contributed by atoms with E-state index in [0.717, 1.165) is 30.7 Å². The van der Waals surface area contributed by atoms with Crippen molar-refractivity contribution >= 4 is 0 Å². The lowest BCUT2D eigenvalue weighted by Crippen LogP contribution is -2.18. The third kappa shape index (κ3) is 2.78. The fourth-order valence-electron chi connectivity index (χ4n) is 1.55. The van der Waals surface area contributed by atoms with Gasteiger partial charge in [0.05, 0.1) is 6.54 Å². The number of aryl methyl sites for hydroxylation is 1. The van der Waals surface area contributed by atoms with Crippen LogP contribution in [-0.4, -0.2) is 21.3 Å². The van der Waals surface area contributed by atoms with Crippen molar-refractivity contribution in [2.75, 3.05) is 6.54 Å². The molecule has 1 N–H and O–H groups in total. The molecule has 15 heavy (non-hydrogen) atoms. The van der Waals surface area contributed by atoms with E-state index in [2.05, 4.69) is 29.2 Å². The first-order chi connectivity index (χ1) is 7.16. The number of aromatic nitrogens is 3. The van der Waals surface area contributed by atoms with Crippen LogP contribution in [-0.2, 0) is 13.6 Å². The molecule has 1 aromatic rings. The molecule has 0 atom stereocenters. The Balaban J connectivity index is 1.88. The molecule has 84 valence electrons. The maximum Gasteiger partial charge on any atom is 0.153 e. The fourth-order valence-corrected chi connectivity index (χ4v) is 1.55. The maximum atomic E-state index is 4.52. The van der Waals surface area contributed by atoms with Gasteiger partial charge in [-0.2, -0.15) is 5.10 Å². The summed E-state index contributed by atoms with van der Waals surface area (Å²) in [5, 5.41) is 7.82. The van der Waals surface area contributed by atoms with Gasteiger partial charge in [-0.3, -0.25) is 4.68 Å². The minimum absolute atomic E-state index is 0.411. The summed E-state index contributed by atoms with van der Waals surface area (Å²) < 4.78 is 1.88. The molecule has 4 nitrogen and oxygen atoms in total. The van der Waals surface area contributed by atoms with Crippen LogP contribution >= 0.6 is 0 Å². The summed E-state index contributed by atoms with van der Waals surface area (Å²) in [6, 6.07) is 0. The molecular formula is C11H20N4. The van der Waals surface area contributed by atoms with Crippen LogP contribution in [0.5, 0.6) is 0 Å². The van der Waals surface area contributed by atoms with Crippen molar-refractivity contribution in [1.82, 2.24) is 20.1 Å². The topological polar surface area (TPSA) is 42.7 Å². The van der Waals surface area contributed by atoms with Gasteiger partial charge in [-0.05, 0) is 25.3 Å². The van der Waals surface area contributed by atoms with Gasteiger partial charge < -0.3 is 5.32 Å². The monoisotopic (exact) mass is 208 g/mol. The fraction of sp³-hybridized carbons (Fsp3) is 0.818. The van der Waals surface area contributed by atoms with Gasteiger partial charge in [-0.1, -0.05) is 13.8 Å². The number of nitrogens with zero attached hydrogens (tertiary/aromatic N) is 3. The van der Waals surface area contributed by atoms with Gasteiger partial charge in [0.15, 0.2) is 5.82 Å². The summed E-state index contributed by atoms with van der Waals surface area (Å²) >= 11 is 0. The van der Waals surface area contributed by atoms with E-state index in [4.69, 9.17) is 0 Å². The highest BCUT2D eigenvalue weighted by Gasteiger charge is 2.20. The molecule has 2 rings (SSSR count). The minimum Gasteiger partial charge on any atom is -0.310 e. The Morgan fingerprint density at radius 3 is 2.73 bits per heavy atom. The summed E-state index contributed by atoms with van der Waals surface area (Å²) in [6.45, 7) is 6.21. The van der Waals surface area contributed by atoms with Crippen LogP contribution in [0.25, 0.3) is 0 Å². The van der Waals surface area contributed by atoms with Crippen molar-refractivity contribution in [2.45, 2.75) is 39.2 Å². The van der Waals surface area contributed by atoms with Gasteiger partial charge >= 0.3 is 0 Å². The third-order valence-corrected chi connectivity index (χ3v) is 2.80. The van der Waals surface area contributed by atoms with Crippen molar-refractivity contribution in [3.8, 4) is 0 Å². The quantitative estimate of drug-likeness (QED) is 0.796. The Morgan fingerprint density at radius 2 is 2.20 bits per heavy atom. The molecule has 1 aliphatic rings. The van der Waals surface area contributed by atoms with E-state index in [1.807, 2.05) is 11.7 Å². The van der Waals surface area contributed by atoms with E-state index < -0.39 is 0 Å². The largest absolute Gasteiger partial charge is 0.310 e. The molecular weight excluding hydrogens is 188 g/mol. The summed E-state index contributed by atoms with van der Waals surface area (Å²) in [5.41, 5.74) is 0. The molecule has 0 saturated heterocycles. The average molecular weight is 208 g/mol. The molecule has 1 saturated carbocycles. The normalized spacial score (nSPS) is 16.3. The Hall–Kier alpha value is -0.900. The van der Waals surface area contributed by atoms with Crippen LogP contribution in [0, 0.1) is 5.92 Å². The highest BCUT2D eigenvalue weighted by molar-refractivity contribution is 4.96. The summed E-state index contributed by atoms with van der Waals surface area (Å²) in [4.78, 5) is 4.52. The van der Waals surface area contributed by atoms with E-state index >= 15 is 0 Å². The lowest BCUT2D eigenvalue weighted by atomic mass is 10.2. The van der Waals surface area contributed by atoms with Crippen LogP contribution in [0.4, 0.5) is 0 Å². The van der Waals surface area contributed by atoms with E-state index in [1.165, 1.54) is 12.8 Å². The Morgan fingerprint density at radius 1 is 1.47 bits per heavy atom. The molecule has 1 fully saturated rings. The summed E-state index contributed by atoms with van der Waals surface area (Å²) in [7, 11) is 1.97. The van der Waals surface area contributed by atoms with Crippen LogP contribution in [0.1, 0.15) is 44.3 Å². The lowest BCUT2D eigenvalue weighted by molar-refractivity contribution is 0.588. The van der Waals surface area contributed by atoms with E-state index in [1.54, 1.807) is 0 Å². The molecule has 0 spiro atoms. The van der Waals surface area contributed by atoms with Crippen molar-refractivity contribution in [3.63, 3.8) is 0 Å². The zero-order valence-corrected chi connectivity index (χ0v) is 9.82. The zero-order valence-electron chi connectivity index (χ0n) is 9.82. The lowest BCUT2D eigenvalue weighted by Gasteiger charge is -2.01. The van der Waals surface area contributed by atoms with Gasteiger partial charge in [0.2, 0.25) is 0 Å². The Labute approximate surface area is 91.1 Å². The predicted octanol–water partition coefficient (Wildman–Crippen LogP) is 1.44. The first-order valence-electron chi connectivity index (χ1n) is 5.77. The number of hydrogen-bond donors (Lipinski definition) is 1. The number of rotatable bonds is 5. The summed E-state index contributed by atoms with van der Waals surface area (Å²) in [6.07, 6.45) is 2.78. The first-order valence-corrected chi connectivity index (χ1v) is 5.77. The van der Waals surface area contributed by atoms with Gasteiger partial charge in [0.25, 0.3) is 0 Å². The van der Waals surface area contributed by atoms with Crippen LogP contribution in [0.15, 0.2) is 0 Å². The first kappa shape index (κ1) is 10.6. The minimum atomic E-state index is 0.411. The standard InChI is InChI=1S/C11H20N4/c1-8(2)11-13-10(15(3)14-11)7-12-6-9-4-5-9/h8-9,12H,4-7H2,1-3H3. The number of nitrogens with one attached hydrogen (secondary N) is 1. The molecule has 1 aliphatic carbocycles. The van der Waals surface area contributed by atoms with Crippen LogP contribution in [0.3, 0.4) is 0 Å². The Bertz CT molecular complexity index is 325.